The molecule has 4 heteroatoms. The standard InChI is InChI=1S/C15H16FNO2/c1-18-13-6-3-7-14(8-13)19-10-12-5-2-4-11(9-17)15(12)16/h2-8H,9-10,17H2,1H3. The van der Waals surface area contributed by atoms with Crippen LogP contribution in [0.1, 0.15) is 11.1 Å². The Balaban J connectivity index is 2.10. The van der Waals surface area contributed by atoms with Gasteiger partial charge < -0.3 is 15.2 Å². The Morgan fingerprint density at radius 2 is 1.74 bits per heavy atom. The van der Waals surface area contributed by atoms with Crippen LogP contribution in [-0.2, 0) is 13.2 Å². The summed E-state index contributed by atoms with van der Waals surface area (Å²) in [5, 5.41) is 0. The molecule has 0 aliphatic carbocycles. The molecule has 0 spiro atoms. The van der Waals surface area contributed by atoms with E-state index in [0.717, 1.165) is 0 Å². The monoisotopic (exact) mass is 261 g/mol. The molecule has 0 aliphatic rings. The minimum absolute atomic E-state index is 0.160. The van der Waals surface area contributed by atoms with E-state index in [1.165, 1.54) is 0 Å². The van der Waals surface area contributed by atoms with Crippen LogP contribution in [0.4, 0.5) is 4.39 Å². The molecule has 0 amide bonds. The Morgan fingerprint density at radius 1 is 1.05 bits per heavy atom. The SMILES string of the molecule is COc1cccc(OCc2cccc(CN)c2F)c1. The van der Waals surface area contributed by atoms with E-state index in [4.69, 9.17) is 15.2 Å². The molecule has 0 aliphatic heterocycles. The molecule has 0 saturated carbocycles. The predicted molar refractivity (Wildman–Crippen MR) is 71.6 cm³/mol. The van der Waals surface area contributed by atoms with Crippen LogP contribution in [0, 0.1) is 5.82 Å². The number of rotatable bonds is 5. The van der Waals surface area contributed by atoms with Gasteiger partial charge >= 0.3 is 0 Å². The number of ether oxygens (including phenoxy) is 2. The van der Waals surface area contributed by atoms with Crippen molar-refractivity contribution in [3.8, 4) is 11.5 Å². The molecule has 3 nitrogen and oxygen atoms in total. The maximum atomic E-state index is 13.9. The minimum Gasteiger partial charge on any atom is -0.497 e. The van der Waals surface area contributed by atoms with E-state index in [2.05, 4.69) is 0 Å². The molecule has 0 unspecified atom stereocenters. The van der Waals surface area contributed by atoms with Crippen LogP contribution in [0.3, 0.4) is 0 Å². The van der Waals surface area contributed by atoms with Crippen molar-refractivity contribution in [3.05, 3.63) is 59.4 Å². The lowest BCUT2D eigenvalue weighted by Gasteiger charge is -2.10. The zero-order valence-electron chi connectivity index (χ0n) is 10.7. The van der Waals surface area contributed by atoms with Crippen LogP contribution in [0.15, 0.2) is 42.5 Å². The molecule has 0 radical (unpaired) electrons. The molecule has 0 fully saturated rings. The second kappa shape index (κ2) is 6.20. The zero-order chi connectivity index (χ0) is 13.7. The first kappa shape index (κ1) is 13.4. The highest BCUT2D eigenvalue weighted by atomic mass is 19.1. The highest BCUT2D eigenvalue weighted by Crippen LogP contribution is 2.21. The van der Waals surface area contributed by atoms with Gasteiger partial charge in [0.05, 0.1) is 7.11 Å². The molecule has 2 rings (SSSR count). The van der Waals surface area contributed by atoms with Crippen LogP contribution in [0.25, 0.3) is 0 Å². The first-order valence-corrected chi connectivity index (χ1v) is 5.97. The van der Waals surface area contributed by atoms with Gasteiger partial charge in [-0.15, -0.1) is 0 Å². The summed E-state index contributed by atoms with van der Waals surface area (Å²) in [6, 6.07) is 12.3. The van der Waals surface area contributed by atoms with E-state index < -0.39 is 0 Å². The largest absolute Gasteiger partial charge is 0.497 e. The zero-order valence-corrected chi connectivity index (χ0v) is 10.7. The summed E-state index contributed by atoms with van der Waals surface area (Å²) in [7, 11) is 1.59. The van der Waals surface area contributed by atoms with E-state index in [1.807, 2.05) is 12.1 Å². The van der Waals surface area contributed by atoms with Gasteiger partial charge in [-0.25, -0.2) is 4.39 Å². The van der Waals surface area contributed by atoms with Crippen molar-refractivity contribution in [2.24, 2.45) is 5.73 Å². The first-order valence-electron chi connectivity index (χ1n) is 5.97. The Morgan fingerprint density at radius 3 is 2.47 bits per heavy atom. The Hall–Kier alpha value is -2.07. The fourth-order valence-corrected chi connectivity index (χ4v) is 1.75. The summed E-state index contributed by atoms with van der Waals surface area (Å²) < 4.78 is 24.6. The van der Waals surface area contributed by atoms with Gasteiger partial charge in [0.25, 0.3) is 0 Å². The molecule has 19 heavy (non-hydrogen) atoms. The molecule has 2 aromatic carbocycles. The smallest absolute Gasteiger partial charge is 0.134 e. The van der Waals surface area contributed by atoms with E-state index >= 15 is 0 Å². The molecule has 100 valence electrons. The maximum Gasteiger partial charge on any atom is 0.134 e. The predicted octanol–water partition coefficient (Wildman–Crippen LogP) is 2.87. The van der Waals surface area contributed by atoms with Crippen LogP contribution in [0.2, 0.25) is 0 Å². The van der Waals surface area contributed by atoms with Gasteiger partial charge in [-0.1, -0.05) is 24.3 Å². The fourth-order valence-electron chi connectivity index (χ4n) is 1.75. The lowest BCUT2D eigenvalue weighted by molar-refractivity contribution is 0.297. The van der Waals surface area contributed by atoms with Crippen LogP contribution >= 0.6 is 0 Å². The van der Waals surface area contributed by atoms with E-state index in [-0.39, 0.29) is 19.0 Å². The van der Waals surface area contributed by atoms with Crippen molar-refractivity contribution < 1.29 is 13.9 Å². The lowest BCUT2D eigenvalue weighted by atomic mass is 10.1. The van der Waals surface area contributed by atoms with Crippen molar-refractivity contribution in [2.45, 2.75) is 13.2 Å². The van der Waals surface area contributed by atoms with Gasteiger partial charge in [0.1, 0.15) is 23.9 Å². The average molecular weight is 261 g/mol. The quantitative estimate of drug-likeness (QED) is 0.900. The van der Waals surface area contributed by atoms with E-state index in [9.17, 15) is 4.39 Å². The number of nitrogens with two attached hydrogens (primary N) is 1. The molecule has 0 atom stereocenters. The van der Waals surface area contributed by atoms with Crippen LogP contribution in [-0.4, -0.2) is 7.11 Å². The van der Waals surface area contributed by atoms with Gasteiger partial charge in [-0.05, 0) is 12.1 Å². The van der Waals surface area contributed by atoms with E-state index in [0.29, 0.717) is 22.6 Å². The fraction of sp³-hybridized carbons (Fsp3) is 0.200. The van der Waals surface area contributed by atoms with Crippen molar-refractivity contribution >= 4 is 0 Å². The Labute approximate surface area is 111 Å². The Bertz CT molecular complexity index is 558. The number of benzene rings is 2. The van der Waals surface area contributed by atoms with Gasteiger partial charge in [-0.3, -0.25) is 0 Å². The van der Waals surface area contributed by atoms with Crippen LogP contribution in [0.5, 0.6) is 11.5 Å². The van der Waals surface area contributed by atoms with E-state index in [1.54, 1.807) is 37.4 Å². The van der Waals surface area contributed by atoms with Gasteiger partial charge in [-0.2, -0.15) is 0 Å². The molecule has 0 bridgehead atoms. The molecular weight excluding hydrogens is 245 g/mol. The molecule has 0 saturated heterocycles. The third-order valence-corrected chi connectivity index (χ3v) is 2.81. The molecule has 2 aromatic rings. The third-order valence-electron chi connectivity index (χ3n) is 2.81. The lowest BCUT2D eigenvalue weighted by Crippen LogP contribution is -2.05. The summed E-state index contributed by atoms with van der Waals surface area (Å²) in [6.45, 7) is 0.339. The molecular formula is C15H16FNO2. The van der Waals surface area contributed by atoms with Gasteiger partial charge in [0.15, 0.2) is 0 Å². The average Bonchev–Trinajstić information content (AvgIpc) is 2.46. The summed E-state index contributed by atoms with van der Waals surface area (Å²) in [5.41, 5.74) is 6.45. The number of hydrogen-bond acceptors (Lipinski definition) is 3. The minimum atomic E-state index is -0.298. The second-order valence-electron chi connectivity index (χ2n) is 4.06. The summed E-state index contributed by atoms with van der Waals surface area (Å²) in [6.07, 6.45) is 0. The molecule has 2 N–H and O–H groups in total. The van der Waals surface area contributed by atoms with Crippen molar-refractivity contribution in [1.29, 1.82) is 0 Å². The Kier molecular flexibility index (Phi) is 4.36. The molecule has 0 aromatic heterocycles. The number of hydrogen-bond donors (Lipinski definition) is 1. The summed E-state index contributed by atoms with van der Waals surface area (Å²) in [5.74, 6) is 1.04. The van der Waals surface area contributed by atoms with Gasteiger partial charge in [0, 0.05) is 23.7 Å². The highest BCUT2D eigenvalue weighted by molar-refractivity contribution is 5.33. The highest BCUT2D eigenvalue weighted by Gasteiger charge is 2.07. The van der Waals surface area contributed by atoms with Crippen LogP contribution < -0.4 is 15.2 Å². The second-order valence-corrected chi connectivity index (χ2v) is 4.06. The van der Waals surface area contributed by atoms with Crippen molar-refractivity contribution in [2.75, 3.05) is 7.11 Å². The normalized spacial score (nSPS) is 10.3. The van der Waals surface area contributed by atoms with Crippen molar-refractivity contribution in [1.82, 2.24) is 0 Å². The number of halogens is 1. The maximum absolute atomic E-state index is 13.9. The first-order chi connectivity index (χ1) is 9.24. The van der Waals surface area contributed by atoms with Gasteiger partial charge in [0.2, 0.25) is 0 Å². The topological polar surface area (TPSA) is 44.5 Å². The summed E-state index contributed by atoms with van der Waals surface area (Å²) >= 11 is 0. The summed E-state index contributed by atoms with van der Waals surface area (Å²) in [4.78, 5) is 0. The van der Waals surface area contributed by atoms with Crippen molar-refractivity contribution in [3.63, 3.8) is 0 Å². The molecule has 0 heterocycles. The third kappa shape index (κ3) is 3.23. The number of methoxy groups -OCH3 is 1.